The second-order valence-electron chi connectivity index (χ2n) is 6.63. The zero-order valence-electron chi connectivity index (χ0n) is 13.4. The number of carbonyl (C=O) groups is 2. The van der Waals surface area contributed by atoms with Crippen LogP contribution in [0.3, 0.4) is 0 Å². The van der Waals surface area contributed by atoms with Crippen LogP contribution in [-0.4, -0.2) is 18.9 Å². The van der Waals surface area contributed by atoms with Gasteiger partial charge in [-0.3, -0.25) is 9.59 Å². The quantitative estimate of drug-likeness (QED) is 0.623. The second-order valence-corrected chi connectivity index (χ2v) is 6.63. The van der Waals surface area contributed by atoms with E-state index in [2.05, 4.69) is 26.0 Å². The number of methoxy groups -OCH3 is 1. The van der Waals surface area contributed by atoms with Crippen molar-refractivity contribution in [1.82, 2.24) is 0 Å². The van der Waals surface area contributed by atoms with Crippen LogP contribution in [0.15, 0.2) is 47.6 Å². The molecule has 0 aromatic heterocycles. The summed E-state index contributed by atoms with van der Waals surface area (Å²) in [7, 11) is 1.55. The smallest absolute Gasteiger partial charge is 0.238 e. The van der Waals surface area contributed by atoms with Crippen LogP contribution < -0.4 is 9.64 Å². The van der Waals surface area contributed by atoms with Crippen molar-refractivity contribution >= 4 is 17.5 Å². The number of nitrogens with zero attached hydrogens (tertiary/aromatic N) is 1. The molecule has 4 heteroatoms. The molecule has 4 nitrogen and oxygen atoms in total. The van der Waals surface area contributed by atoms with Crippen molar-refractivity contribution in [3.8, 4) is 5.75 Å². The van der Waals surface area contributed by atoms with Gasteiger partial charge in [0.05, 0.1) is 24.6 Å². The number of ether oxygens (including phenoxy) is 1. The molecule has 118 valence electrons. The first kappa shape index (κ1) is 14.2. The summed E-state index contributed by atoms with van der Waals surface area (Å²) in [4.78, 5) is 27.4. The highest BCUT2D eigenvalue weighted by Gasteiger charge is 2.62. The lowest BCUT2D eigenvalue weighted by Crippen LogP contribution is -2.33. The van der Waals surface area contributed by atoms with Gasteiger partial charge in [-0.05, 0) is 26.0 Å². The Morgan fingerprint density at radius 2 is 1.57 bits per heavy atom. The zero-order valence-corrected chi connectivity index (χ0v) is 13.4. The van der Waals surface area contributed by atoms with E-state index in [1.165, 1.54) is 16.0 Å². The fraction of sp³-hybridized carbons (Fsp3) is 0.368. The number of hydrogen-bond donors (Lipinski definition) is 0. The predicted molar refractivity (Wildman–Crippen MR) is 87.0 cm³/mol. The molecule has 0 unspecified atom stereocenters. The van der Waals surface area contributed by atoms with Crippen molar-refractivity contribution in [1.29, 1.82) is 0 Å². The number of allylic oxidation sites excluding steroid dienone is 4. The Hall–Kier alpha value is -2.36. The number of fused-ring (bicyclic) bond motifs is 5. The Kier molecular flexibility index (Phi) is 2.98. The highest BCUT2D eigenvalue weighted by molar-refractivity contribution is 6.23. The lowest BCUT2D eigenvalue weighted by atomic mass is 9.85. The number of para-hydroxylation sites is 2. The Labute approximate surface area is 135 Å². The SMILES string of the molecule is COc1ccccc1N1C(=O)[C@@H]2[C@@H](C1=O)[C@H]1C=C[C@H]2C1=C(C)C. The molecular formula is C19H19NO3. The third-order valence-electron chi connectivity index (χ3n) is 5.32. The van der Waals surface area contributed by atoms with Gasteiger partial charge in [-0.2, -0.15) is 0 Å². The molecule has 0 spiro atoms. The third kappa shape index (κ3) is 1.72. The van der Waals surface area contributed by atoms with Crippen LogP contribution in [0.1, 0.15) is 13.8 Å². The van der Waals surface area contributed by atoms with Crippen LogP contribution in [0.4, 0.5) is 5.69 Å². The van der Waals surface area contributed by atoms with Gasteiger partial charge in [-0.15, -0.1) is 0 Å². The Morgan fingerprint density at radius 1 is 1.00 bits per heavy atom. The third-order valence-corrected chi connectivity index (χ3v) is 5.32. The van der Waals surface area contributed by atoms with E-state index in [1.54, 1.807) is 19.2 Å². The summed E-state index contributed by atoms with van der Waals surface area (Å²) in [5.41, 5.74) is 3.04. The van der Waals surface area contributed by atoms with Gasteiger partial charge in [0, 0.05) is 11.8 Å². The van der Waals surface area contributed by atoms with Crippen molar-refractivity contribution in [2.24, 2.45) is 23.7 Å². The maximum atomic E-state index is 13.0. The maximum absolute atomic E-state index is 13.0. The van der Waals surface area contributed by atoms with E-state index in [1.807, 2.05) is 12.1 Å². The van der Waals surface area contributed by atoms with Crippen LogP contribution in [0.5, 0.6) is 5.75 Å². The molecule has 1 aromatic rings. The first-order chi connectivity index (χ1) is 11.1. The summed E-state index contributed by atoms with van der Waals surface area (Å²) < 4.78 is 5.33. The topological polar surface area (TPSA) is 46.6 Å². The van der Waals surface area contributed by atoms with Crippen molar-refractivity contribution in [3.63, 3.8) is 0 Å². The van der Waals surface area contributed by atoms with Crippen LogP contribution in [0, 0.1) is 23.7 Å². The molecule has 4 rings (SSSR count). The average Bonchev–Trinajstić information content (AvgIpc) is 3.18. The standard InChI is InChI=1S/C19H19NO3/c1-10(2)15-11-8-9-12(15)17-16(11)18(21)20(19(17)22)13-6-4-5-7-14(13)23-3/h4-9,11-12,16-17H,1-3H3/t11-,12-,16-,17-/m0/s1. The zero-order chi connectivity index (χ0) is 16.3. The maximum Gasteiger partial charge on any atom is 0.238 e. The lowest BCUT2D eigenvalue weighted by molar-refractivity contribution is -0.123. The molecule has 1 aromatic carbocycles. The number of carbonyl (C=O) groups excluding carboxylic acids is 2. The van der Waals surface area contributed by atoms with Gasteiger partial charge in [0.15, 0.2) is 0 Å². The molecule has 1 heterocycles. The van der Waals surface area contributed by atoms with E-state index in [4.69, 9.17) is 4.74 Å². The van der Waals surface area contributed by atoms with E-state index in [0.717, 1.165) is 0 Å². The first-order valence-electron chi connectivity index (χ1n) is 7.92. The molecule has 2 amide bonds. The van der Waals surface area contributed by atoms with Crippen molar-refractivity contribution in [2.75, 3.05) is 12.0 Å². The average molecular weight is 309 g/mol. The molecule has 4 atom stereocenters. The molecular weight excluding hydrogens is 290 g/mol. The summed E-state index contributed by atoms with van der Waals surface area (Å²) in [6.45, 7) is 4.13. The molecule has 0 radical (unpaired) electrons. The summed E-state index contributed by atoms with van der Waals surface area (Å²) in [5.74, 6) is -0.00550. The second kappa shape index (κ2) is 4.82. The van der Waals surface area contributed by atoms with E-state index >= 15 is 0 Å². The van der Waals surface area contributed by atoms with Gasteiger partial charge in [0.25, 0.3) is 0 Å². The van der Waals surface area contributed by atoms with Gasteiger partial charge < -0.3 is 4.74 Å². The molecule has 2 bridgehead atoms. The molecule has 3 aliphatic rings. The van der Waals surface area contributed by atoms with E-state index in [-0.39, 0.29) is 35.5 Å². The molecule has 1 saturated carbocycles. The van der Waals surface area contributed by atoms with Crippen molar-refractivity contribution < 1.29 is 14.3 Å². The minimum atomic E-state index is -0.257. The minimum Gasteiger partial charge on any atom is -0.495 e. The summed E-state index contributed by atoms with van der Waals surface area (Å²) in [6.07, 6.45) is 4.20. The monoisotopic (exact) mass is 309 g/mol. The normalized spacial score (nSPS) is 31.1. The first-order valence-corrected chi connectivity index (χ1v) is 7.92. The molecule has 23 heavy (non-hydrogen) atoms. The fourth-order valence-corrected chi connectivity index (χ4v) is 4.48. The molecule has 2 aliphatic carbocycles. The van der Waals surface area contributed by atoms with E-state index in [0.29, 0.717) is 11.4 Å². The van der Waals surface area contributed by atoms with Crippen molar-refractivity contribution in [2.45, 2.75) is 13.8 Å². The number of benzene rings is 1. The van der Waals surface area contributed by atoms with Gasteiger partial charge in [-0.1, -0.05) is 35.4 Å². The Morgan fingerprint density at radius 3 is 2.09 bits per heavy atom. The summed E-state index contributed by atoms with van der Waals surface area (Å²) in [6, 6.07) is 7.20. The molecule has 1 aliphatic heterocycles. The number of anilines is 1. The van der Waals surface area contributed by atoms with Gasteiger partial charge in [-0.25, -0.2) is 4.90 Å². The highest BCUT2D eigenvalue weighted by atomic mass is 16.5. The van der Waals surface area contributed by atoms with Gasteiger partial charge in [0.1, 0.15) is 5.75 Å². The van der Waals surface area contributed by atoms with Crippen LogP contribution in [-0.2, 0) is 9.59 Å². The van der Waals surface area contributed by atoms with Crippen molar-refractivity contribution in [3.05, 3.63) is 47.6 Å². The fourth-order valence-electron chi connectivity index (χ4n) is 4.48. The number of rotatable bonds is 2. The van der Waals surface area contributed by atoms with Crippen LogP contribution in [0.2, 0.25) is 0 Å². The Balaban J connectivity index is 1.79. The lowest BCUT2D eigenvalue weighted by Gasteiger charge is -2.21. The van der Waals surface area contributed by atoms with Gasteiger partial charge in [0.2, 0.25) is 11.8 Å². The number of imide groups is 1. The summed E-state index contributed by atoms with van der Waals surface area (Å²) >= 11 is 0. The van der Waals surface area contributed by atoms with Crippen LogP contribution >= 0.6 is 0 Å². The number of amides is 2. The summed E-state index contributed by atoms with van der Waals surface area (Å²) in [5, 5.41) is 0. The number of hydrogen-bond acceptors (Lipinski definition) is 3. The van der Waals surface area contributed by atoms with E-state index in [9.17, 15) is 9.59 Å². The van der Waals surface area contributed by atoms with Crippen LogP contribution in [0.25, 0.3) is 0 Å². The largest absolute Gasteiger partial charge is 0.495 e. The molecule has 0 N–H and O–H groups in total. The van der Waals surface area contributed by atoms with Gasteiger partial charge >= 0.3 is 0 Å². The Bertz CT molecular complexity index is 739. The highest BCUT2D eigenvalue weighted by Crippen LogP contribution is 2.57. The molecule has 1 saturated heterocycles. The molecule has 2 fully saturated rings. The predicted octanol–water partition coefficient (Wildman–Crippen LogP) is 2.95. The van der Waals surface area contributed by atoms with E-state index < -0.39 is 0 Å². The minimum absolute atomic E-state index is 0.0751.